The van der Waals surface area contributed by atoms with Crippen LogP contribution in [0.15, 0.2) is 36.8 Å². The van der Waals surface area contributed by atoms with Gasteiger partial charge in [0.15, 0.2) is 5.65 Å². The molecule has 0 aromatic carbocycles. The number of hydrogen-bond donors (Lipinski definition) is 2. The minimum absolute atomic E-state index is 0.000759. The fourth-order valence-electron chi connectivity index (χ4n) is 5.38. The van der Waals surface area contributed by atoms with E-state index >= 15 is 0 Å². The number of carbonyl (C=O) groups excluding carboxylic acids is 1. The molecule has 0 bridgehead atoms. The summed E-state index contributed by atoms with van der Waals surface area (Å²) in [5.41, 5.74) is 3.47. The number of amides is 1. The van der Waals surface area contributed by atoms with E-state index in [0.29, 0.717) is 30.1 Å². The van der Waals surface area contributed by atoms with Crippen molar-refractivity contribution in [2.75, 3.05) is 39.8 Å². The van der Waals surface area contributed by atoms with Gasteiger partial charge in [0.05, 0.1) is 36.7 Å². The first-order chi connectivity index (χ1) is 18.1. The van der Waals surface area contributed by atoms with Gasteiger partial charge in [0, 0.05) is 57.5 Å². The Hall–Kier alpha value is -3.54. The van der Waals surface area contributed by atoms with E-state index in [2.05, 4.69) is 20.3 Å². The van der Waals surface area contributed by atoms with Gasteiger partial charge in [0.2, 0.25) is 0 Å². The monoisotopic (exact) mass is 505 g/mol. The highest BCUT2D eigenvalue weighted by Gasteiger charge is 2.33. The van der Waals surface area contributed by atoms with Gasteiger partial charge in [-0.25, -0.2) is 9.97 Å². The normalized spacial score (nSPS) is 23.8. The topological polar surface area (TPSA) is 117 Å². The molecule has 0 radical (unpaired) electrons. The molecule has 194 valence electrons. The van der Waals surface area contributed by atoms with Crippen LogP contribution in [0.1, 0.15) is 35.7 Å². The Kier molecular flexibility index (Phi) is 6.27. The third-order valence-corrected chi connectivity index (χ3v) is 7.61. The molecule has 1 aliphatic carbocycles. The van der Waals surface area contributed by atoms with Crippen LogP contribution >= 0.6 is 0 Å². The molecule has 6 rings (SSSR count). The maximum absolute atomic E-state index is 13.2. The number of ether oxygens (including phenoxy) is 3. The average Bonchev–Trinajstić information content (AvgIpc) is 3.55. The number of carbonyl (C=O) groups is 1. The van der Waals surface area contributed by atoms with E-state index in [1.165, 1.54) is 0 Å². The van der Waals surface area contributed by atoms with Gasteiger partial charge in [-0.3, -0.25) is 4.79 Å². The van der Waals surface area contributed by atoms with Gasteiger partial charge in [0.1, 0.15) is 23.3 Å². The molecule has 2 fully saturated rings. The summed E-state index contributed by atoms with van der Waals surface area (Å²) in [7, 11) is 5.21. The fourth-order valence-corrected chi connectivity index (χ4v) is 5.38. The van der Waals surface area contributed by atoms with E-state index in [1.54, 1.807) is 24.9 Å². The standard InChI is InChI=1S/C26H31N7O4/c1-27-23-11-19(30-25-17(13-29-33(23)25)26(34)31-18-6-7-21(18)35-2)16-12-28-24-15(16)5-4-9-32(24)20-8-10-37-14-22(20)36-3/h4-5,9,11-13,18,20-22,27H,6-8,10,14H2,1-3H3,(H,31,34)/t18-,20-,21-,22-/m0/s1. The van der Waals surface area contributed by atoms with Crippen molar-refractivity contribution >= 4 is 17.4 Å². The number of methoxy groups -OCH3 is 2. The maximum atomic E-state index is 13.2. The molecular formula is C26H31N7O4. The molecule has 1 saturated carbocycles. The highest BCUT2D eigenvalue weighted by Crippen LogP contribution is 2.37. The molecular weight excluding hydrogens is 474 g/mol. The number of nitrogens with zero attached hydrogens (tertiary/aromatic N) is 5. The van der Waals surface area contributed by atoms with Crippen LogP contribution in [0, 0.1) is 0 Å². The Morgan fingerprint density at radius 1 is 1.14 bits per heavy atom. The number of rotatable bonds is 7. The molecule has 2 aromatic rings. The number of fused-ring (bicyclic) bond motifs is 2. The minimum atomic E-state index is -0.207. The second kappa shape index (κ2) is 9.73. The summed E-state index contributed by atoms with van der Waals surface area (Å²) in [4.78, 5) is 22.8. The third kappa shape index (κ3) is 4.03. The first kappa shape index (κ1) is 23.8. The van der Waals surface area contributed by atoms with Gasteiger partial charge >= 0.3 is 0 Å². The van der Waals surface area contributed by atoms with Crippen molar-refractivity contribution in [3.63, 3.8) is 0 Å². The van der Waals surface area contributed by atoms with E-state index in [1.807, 2.05) is 37.6 Å². The summed E-state index contributed by atoms with van der Waals surface area (Å²) >= 11 is 0. The smallest absolute Gasteiger partial charge is 0.257 e. The molecule has 4 atom stereocenters. The lowest BCUT2D eigenvalue weighted by Crippen LogP contribution is -2.51. The van der Waals surface area contributed by atoms with Crippen molar-refractivity contribution in [3.05, 3.63) is 42.4 Å². The molecule has 5 heterocycles. The van der Waals surface area contributed by atoms with E-state index in [0.717, 1.165) is 42.0 Å². The lowest BCUT2D eigenvalue weighted by atomic mass is 9.89. The highest BCUT2D eigenvalue weighted by atomic mass is 16.5. The van der Waals surface area contributed by atoms with E-state index < -0.39 is 0 Å². The summed E-state index contributed by atoms with van der Waals surface area (Å²) in [5.74, 6) is 1.38. The first-order valence-electron chi connectivity index (χ1n) is 12.6. The Bertz CT molecular complexity index is 1400. The van der Waals surface area contributed by atoms with Crippen molar-refractivity contribution in [1.82, 2.24) is 29.5 Å². The van der Waals surface area contributed by atoms with Gasteiger partial charge in [-0.05, 0) is 31.4 Å². The largest absolute Gasteiger partial charge is 0.379 e. The summed E-state index contributed by atoms with van der Waals surface area (Å²) < 4.78 is 20.6. The summed E-state index contributed by atoms with van der Waals surface area (Å²) in [6.07, 6.45) is 8.13. The van der Waals surface area contributed by atoms with Crippen LogP contribution in [-0.4, -0.2) is 82.8 Å². The van der Waals surface area contributed by atoms with E-state index in [4.69, 9.17) is 24.2 Å². The van der Waals surface area contributed by atoms with Gasteiger partial charge in [-0.2, -0.15) is 9.61 Å². The van der Waals surface area contributed by atoms with Crippen molar-refractivity contribution in [3.8, 4) is 22.6 Å². The minimum Gasteiger partial charge on any atom is -0.379 e. The van der Waals surface area contributed by atoms with Crippen molar-refractivity contribution < 1.29 is 19.0 Å². The zero-order valence-corrected chi connectivity index (χ0v) is 21.2. The molecule has 11 nitrogen and oxygen atoms in total. The van der Waals surface area contributed by atoms with Crippen LogP contribution in [0.2, 0.25) is 0 Å². The second-order valence-corrected chi connectivity index (χ2v) is 9.53. The summed E-state index contributed by atoms with van der Waals surface area (Å²) in [5, 5.41) is 10.7. The molecule has 3 aliphatic heterocycles. The molecule has 2 N–H and O–H groups in total. The number of anilines is 1. The van der Waals surface area contributed by atoms with Gasteiger partial charge < -0.3 is 29.4 Å². The van der Waals surface area contributed by atoms with E-state index in [-0.39, 0.29) is 30.2 Å². The van der Waals surface area contributed by atoms with Crippen LogP contribution in [0.5, 0.6) is 0 Å². The van der Waals surface area contributed by atoms with Crippen LogP contribution in [0.3, 0.4) is 0 Å². The second-order valence-electron chi connectivity index (χ2n) is 9.53. The number of nitrogens with one attached hydrogen (secondary N) is 2. The third-order valence-electron chi connectivity index (χ3n) is 7.61. The fraction of sp³-hybridized carbons (Fsp3) is 0.462. The number of pyridine rings is 1. The molecule has 11 heteroatoms. The zero-order valence-electron chi connectivity index (χ0n) is 21.2. The van der Waals surface area contributed by atoms with Gasteiger partial charge in [-0.1, -0.05) is 0 Å². The van der Waals surface area contributed by atoms with Gasteiger partial charge in [0.25, 0.3) is 5.91 Å². The molecule has 0 unspecified atom stereocenters. The Labute approximate surface area is 214 Å². The molecule has 4 aliphatic rings. The Morgan fingerprint density at radius 2 is 2.00 bits per heavy atom. The van der Waals surface area contributed by atoms with Gasteiger partial charge in [-0.15, -0.1) is 0 Å². The first-order valence-corrected chi connectivity index (χ1v) is 12.6. The zero-order chi connectivity index (χ0) is 25.5. The predicted octanol–water partition coefficient (Wildman–Crippen LogP) is 2.62. The van der Waals surface area contributed by atoms with Crippen LogP contribution in [-0.2, 0) is 14.2 Å². The average molecular weight is 506 g/mol. The quantitative estimate of drug-likeness (QED) is 0.394. The molecule has 37 heavy (non-hydrogen) atoms. The SMILES string of the molecule is CNc1cc(-c2cnc3n([C@H]4CCOC[C@@H]4OC)cccc2-3)nc2c(C(=O)N[C@H]3CC[C@@H]3OC)cnn12. The van der Waals surface area contributed by atoms with Crippen LogP contribution in [0.25, 0.3) is 28.3 Å². The summed E-state index contributed by atoms with van der Waals surface area (Å²) in [6.45, 7) is 1.24. The highest BCUT2D eigenvalue weighted by molar-refractivity contribution is 6.00. The van der Waals surface area contributed by atoms with Crippen molar-refractivity contribution in [2.24, 2.45) is 0 Å². The summed E-state index contributed by atoms with van der Waals surface area (Å²) in [6, 6.07) is 6.12. The maximum Gasteiger partial charge on any atom is 0.257 e. The van der Waals surface area contributed by atoms with E-state index in [9.17, 15) is 4.79 Å². The molecule has 1 saturated heterocycles. The van der Waals surface area contributed by atoms with Crippen molar-refractivity contribution in [2.45, 2.75) is 43.6 Å². The van der Waals surface area contributed by atoms with Crippen LogP contribution in [0.4, 0.5) is 5.82 Å². The van der Waals surface area contributed by atoms with Crippen molar-refractivity contribution in [1.29, 1.82) is 0 Å². The lowest BCUT2D eigenvalue weighted by Gasteiger charge is -2.35. The number of aromatic nitrogens is 5. The van der Waals surface area contributed by atoms with Crippen LogP contribution < -0.4 is 10.6 Å². The molecule has 2 aromatic heterocycles. The predicted molar refractivity (Wildman–Crippen MR) is 137 cm³/mol. The molecule has 1 amide bonds. The Balaban J connectivity index is 1.37. The Morgan fingerprint density at radius 3 is 2.76 bits per heavy atom. The lowest BCUT2D eigenvalue weighted by molar-refractivity contribution is -0.0600. The molecule has 0 spiro atoms. The number of hydrogen-bond acceptors (Lipinski definition) is 8.